The van der Waals surface area contributed by atoms with Crippen molar-refractivity contribution in [1.82, 2.24) is 0 Å². The monoisotopic (exact) mass is 264 g/mol. The van der Waals surface area contributed by atoms with Crippen LogP contribution in [0.1, 0.15) is 27.2 Å². The van der Waals surface area contributed by atoms with Crippen LogP contribution in [0.25, 0.3) is 0 Å². The summed E-state index contributed by atoms with van der Waals surface area (Å²) in [5.74, 6) is -0.334. The van der Waals surface area contributed by atoms with Gasteiger partial charge in [0.05, 0.1) is 6.61 Å². The van der Waals surface area contributed by atoms with E-state index >= 15 is 0 Å². The first-order valence-corrected chi connectivity index (χ1v) is 6.77. The SMILES string of the molecule is CCOC(=O)C(C)(N)CCN(CC)c1ccccc1. The summed E-state index contributed by atoms with van der Waals surface area (Å²) in [7, 11) is 0. The molecule has 0 aliphatic rings. The first-order valence-electron chi connectivity index (χ1n) is 6.77. The molecule has 106 valence electrons. The Morgan fingerprint density at radius 1 is 1.32 bits per heavy atom. The zero-order valence-corrected chi connectivity index (χ0v) is 12.1. The quantitative estimate of drug-likeness (QED) is 0.767. The van der Waals surface area contributed by atoms with Gasteiger partial charge < -0.3 is 15.4 Å². The summed E-state index contributed by atoms with van der Waals surface area (Å²) in [4.78, 5) is 13.9. The second-order valence-corrected chi connectivity index (χ2v) is 4.80. The van der Waals surface area contributed by atoms with Gasteiger partial charge in [0, 0.05) is 18.8 Å². The molecule has 19 heavy (non-hydrogen) atoms. The van der Waals surface area contributed by atoms with E-state index in [2.05, 4.69) is 24.0 Å². The summed E-state index contributed by atoms with van der Waals surface area (Å²) < 4.78 is 5.00. The predicted molar refractivity (Wildman–Crippen MR) is 78.2 cm³/mol. The van der Waals surface area contributed by atoms with Crippen LogP contribution < -0.4 is 10.6 Å². The van der Waals surface area contributed by atoms with Gasteiger partial charge in [0.1, 0.15) is 5.54 Å². The molecule has 2 N–H and O–H groups in total. The molecule has 0 saturated carbocycles. The number of para-hydroxylation sites is 1. The normalized spacial score (nSPS) is 13.7. The Morgan fingerprint density at radius 2 is 1.95 bits per heavy atom. The topological polar surface area (TPSA) is 55.6 Å². The van der Waals surface area contributed by atoms with E-state index in [9.17, 15) is 4.79 Å². The number of carbonyl (C=O) groups excluding carboxylic acids is 1. The first kappa shape index (κ1) is 15.5. The molecule has 1 atom stereocenters. The molecule has 1 aromatic rings. The third-order valence-corrected chi connectivity index (χ3v) is 3.15. The molecule has 4 heteroatoms. The van der Waals surface area contributed by atoms with E-state index in [1.807, 2.05) is 18.2 Å². The number of benzene rings is 1. The van der Waals surface area contributed by atoms with Gasteiger partial charge in [-0.2, -0.15) is 0 Å². The zero-order chi connectivity index (χ0) is 14.3. The Hall–Kier alpha value is -1.55. The molecule has 4 nitrogen and oxygen atoms in total. The summed E-state index contributed by atoms with van der Waals surface area (Å²) in [6, 6.07) is 10.1. The van der Waals surface area contributed by atoms with Gasteiger partial charge in [-0.05, 0) is 39.3 Å². The number of esters is 1. The Morgan fingerprint density at radius 3 is 2.47 bits per heavy atom. The number of carbonyl (C=O) groups is 1. The second kappa shape index (κ2) is 7.14. The first-order chi connectivity index (χ1) is 9.01. The van der Waals surface area contributed by atoms with E-state index in [1.165, 1.54) is 0 Å². The van der Waals surface area contributed by atoms with E-state index in [1.54, 1.807) is 13.8 Å². The highest BCUT2D eigenvalue weighted by atomic mass is 16.5. The highest BCUT2D eigenvalue weighted by Gasteiger charge is 2.30. The van der Waals surface area contributed by atoms with Crippen LogP contribution >= 0.6 is 0 Å². The van der Waals surface area contributed by atoms with Crippen molar-refractivity contribution in [3.8, 4) is 0 Å². The molecule has 0 amide bonds. The van der Waals surface area contributed by atoms with E-state index in [-0.39, 0.29) is 5.97 Å². The average Bonchev–Trinajstić information content (AvgIpc) is 2.41. The average molecular weight is 264 g/mol. The number of hydrogen-bond acceptors (Lipinski definition) is 4. The predicted octanol–water partition coefficient (Wildman–Crippen LogP) is 2.18. The summed E-state index contributed by atoms with van der Waals surface area (Å²) in [5, 5.41) is 0. The number of ether oxygens (including phenoxy) is 1. The fourth-order valence-corrected chi connectivity index (χ4v) is 1.87. The second-order valence-electron chi connectivity index (χ2n) is 4.80. The molecule has 0 saturated heterocycles. The summed E-state index contributed by atoms with van der Waals surface area (Å²) in [5.41, 5.74) is 6.24. The molecule has 1 rings (SSSR count). The van der Waals surface area contributed by atoms with Crippen LogP contribution in [0.3, 0.4) is 0 Å². The van der Waals surface area contributed by atoms with E-state index in [4.69, 9.17) is 10.5 Å². The summed E-state index contributed by atoms with van der Waals surface area (Å²) >= 11 is 0. The molecule has 0 spiro atoms. The van der Waals surface area contributed by atoms with Gasteiger partial charge in [-0.25, -0.2) is 0 Å². The van der Waals surface area contributed by atoms with Crippen molar-refractivity contribution in [3.05, 3.63) is 30.3 Å². The highest BCUT2D eigenvalue weighted by molar-refractivity contribution is 5.80. The molecule has 1 unspecified atom stereocenters. The van der Waals surface area contributed by atoms with Gasteiger partial charge in [-0.1, -0.05) is 18.2 Å². The molecule has 0 heterocycles. The van der Waals surface area contributed by atoms with E-state index in [0.29, 0.717) is 13.0 Å². The fourth-order valence-electron chi connectivity index (χ4n) is 1.87. The zero-order valence-electron chi connectivity index (χ0n) is 12.1. The maximum atomic E-state index is 11.7. The van der Waals surface area contributed by atoms with Gasteiger partial charge in [0.15, 0.2) is 0 Å². The van der Waals surface area contributed by atoms with Crippen molar-refractivity contribution in [1.29, 1.82) is 0 Å². The third kappa shape index (κ3) is 4.56. The number of hydrogen-bond donors (Lipinski definition) is 1. The van der Waals surface area contributed by atoms with Crippen molar-refractivity contribution in [2.75, 3.05) is 24.6 Å². The molecule has 0 aliphatic carbocycles. The standard InChI is InChI=1S/C15H24N2O2/c1-4-17(13-9-7-6-8-10-13)12-11-15(3,16)14(18)19-5-2/h6-10H,4-5,11-12,16H2,1-3H3. The van der Waals surface area contributed by atoms with Crippen LogP contribution in [0.2, 0.25) is 0 Å². The van der Waals surface area contributed by atoms with Crippen LogP contribution in [-0.2, 0) is 9.53 Å². The van der Waals surface area contributed by atoms with Crippen molar-refractivity contribution in [3.63, 3.8) is 0 Å². The van der Waals surface area contributed by atoms with E-state index in [0.717, 1.165) is 18.8 Å². The van der Waals surface area contributed by atoms with Crippen LogP contribution in [0.5, 0.6) is 0 Å². The number of nitrogens with zero attached hydrogens (tertiary/aromatic N) is 1. The van der Waals surface area contributed by atoms with Crippen molar-refractivity contribution in [2.45, 2.75) is 32.7 Å². The maximum absolute atomic E-state index is 11.7. The minimum atomic E-state index is -0.932. The van der Waals surface area contributed by atoms with Crippen LogP contribution in [-0.4, -0.2) is 31.2 Å². The van der Waals surface area contributed by atoms with Gasteiger partial charge >= 0.3 is 5.97 Å². The Bertz CT molecular complexity index is 390. The minimum Gasteiger partial charge on any atom is -0.465 e. The lowest BCUT2D eigenvalue weighted by atomic mass is 9.99. The fraction of sp³-hybridized carbons (Fsp3) is 0.533. The Kier molecular flexibility index (Phi) is 5.83. The van der Waals surface area contributed by atoms with E-state index < -0.39 is 5.54 Å². The van der Waals surface area contributed by atoms with Crippen molar-refractivity contribution >= 4 is 11.7 Å². The lowest BCUT2D eigenvalue weighted by Crippen LogP contribution is -2.48. The summed E-state index contributed by atoms with van der Waals surface area (Å²) in [6.45, 7) is 7.57. The van der Waals surface area contributed by atoms with Gasteiger partial charge in [0.2, 0.25) is 0 Å². The number of anilines is 1. The Balaban J connectivity index is 2.61. The highest BCUT2D eigenvalue weighted by Crippen LogP contribution is 2.16. The van der Waals surface area contributed by atoms with Gasteiger partial charge in [0.25, 0.3) is 0 Å². The molecular formula is C15H24N2O2. The Labute approximate surface area is 115 Å². The molecule has 0 radical (unpaired) electrons. The van der Waals surface area contributed by atoms with Crippen LogP contribution in [0, 0.1) is 0 Å². The summed E-state index contributed by atoms with van der Waals surface area (Å²) in [6.07, 6.45) is 0.564. The number of nitrogens with two attached hydrogens (primary N) is 1. The third-order valence-electron chi connectivity index (χ3n) is 3.15. The van der Waals surface area contributed by atoms with Crippen LogP contribution in [0.4, 0.5) is 5.69 Å². The number of rotatable bonds is 7. The van der Waals surface area contributed by atoms with Gasteiger partial charge in [-0.15, -0.1) is 0 Å². The molecule has 0 aliphatic heterocycles. The molecule has 0 aromatic heterocycles. The lowest BCUT2D eigenvalue weighted by molar-refractivity contribution is -0.149. The van der Waals surface area contributed by atoms with Crippen molar-refractivity contribution < 1.29 is 9.53 Å². The molecule has 1 aromatic carbocycles. The smallest absolute Gasteiger partial charge is 0.325 e. The minimum absolute atomic E-state index is 0.334. The van der Waals surface area contributed by atoms with Crippen molar-refractivity contribution in [2.24, 2.45) is 5.73 Å². The molecular weight excluding hydrogens is 240 g/mol. The maximum Gasteiger partial charge on any atom is 0.325 e. The lowest BCUT2D eigenvalue weighted by Gasteiger charge is -2.28. The largest absolute Gasteiger partial charge is 0.465 e. The van der Waals surface area contributed by atoms with Crippen LogP contribution in [0.15, 0.2) is 30.3 Å². The van der Waals surface area contributed by atoms with Gasteiger partial charge in [-0.3, -0.25) is 4.79 Å². The molecule has 0 bridgehead atoms. The molecule has 0 fully saturated rings.